The second-order valence-corrected chi connectivity index (χ2v) is 6.97. The summed E-state index contributed by atoms with van der Waals surface area (Å²) in [5.41, 5.74) is 7.77. The summed E-state index contributed by atoms with van der Waals surface area (Å²) in [6, 6.07) is 6.09. The molecule has 20 heavy (non-hydrogen) atoms. The molecule has 5 heteroatoms. The molecule has 2 N–H and O–H groups in total. The Labute approximate surface area is 136 Å². The Hall–Kier alpha value is -0.650. The topological polar surface area (TPSA) is 32.5 Å². The van der Waals surface area contributed by atoms with Crippen molar-refractivity contribution in [2.24, 2.45) is 11.7 Å². The van der Waals surface area contributed by atoms with E-state index in [2.05, 4.69) is 59.7 Å². The molecule has 1 aromatic rings. The van der Waals surface area contributed by atoms with Crippen LogP contribution < -0.4 is 10.6 Å². The van der Waals surface area contributed by atoms with Crippen molar-refractivity contribution in [2.75, 3.05) is 38.6 Å². The van der Waals surface area contributed by atoms with Crippen LogP contribution in [0.25, 0.3) is 0 Å². The zero-order valence-corrected chi connectivity index (χ0v) is 15.1. The predicted molar refractivity (Wildman–Crippen MR) is 95.6 cm³/mol. The molecule has 1 aromatic carbocycles. The minimum absolute atomic E-state index is 0.431. The maximum atomic E-state index is 5.68. The number of halogens is 1. The molecule has 0 radical (unpaired) electrons. The lowest BCUT2D eigenvalue weighted by molar-refractivity contribution is 0.409. The van der Waals surface area contributed by atoms with Crippen LogP contribution in [0.3, 0.4) is 0 Å². The van der Waals surface area contributed by atoms with Gasteiger partial charge in [0.25, 0.3) is 0 Å². The highest BCUT2D eigenvalue weighted by Crippen LogP contribution is 2.28. The zero-order valence-electron chi connectivity index (χ0n) is 12.7. The van der Waals surface area contributed by atoms with Crippen LogP contribution in [-0.4, -0.2) is 43.6 Å². The van der Waals surface area contributed by atoms with Gasteiger partial charge in [0.15, 0.2) is 0 Å². The molecule has 0 spiro atoms. The van der Waals surface area contributed by atoms with Gasteiger partial charge in [0, 0.05) is 29.7 Å². The number of thiocarbonyl (C=S) groups is 1. The maximum Gasteiger partial charge on any atom is 0.104 e. The molecule has 0 fully saturated rings. The normalized spacial score (nSPS) is 11.2. The van der Waals surface area contributed by atoms with Gasteiger partial charge in [-0.3, -0.25) is 0 Å². The van der Waals surface area contributed by atoms with Crippen LogP contribution in [0.15, 0.2) is 22.7 Å². The lowest BCUT2D eigenvalue weighted by Crippen LogP contribution is -2.34. The predicted octanol–water partition coefficient (Wildman–Crippen LogP) is 3.11. The summed E-state index contributed by atoms with van der Waals surface area (Å²) in [5.74, 6) is 0.610. The molecule has 0 bridgehead atoms. The fourth-order valence-corrected chi connectivity index (χ4v) is 2.74. The Bertz CT molecular complexity index is 460. The third-order valence-corrected chi connectivity index (χ3v) is 3.85. The van der Waals surface area contributed by atoms with Crippen LogP contribution in [0.4, 0.5) is 5.69 Å². The minimum atomic E-state index is 0.431. The summed E-state index contributed by atoms with van der Waals surface area (Å²) in [4.78, 5) is 5.03. The van der Waals surface area contributed by atoms with Gasteiger partial charge < -0.3 is 15.5 Å². The Morgan fingerprint density at radius 1 is 1.30 bits per heavy atom. The molecule has 0 atom stereocenters. The number of nitrogens with zero attached hydrogens (tertiary/aromatic N) is 2. The van der Waals surface area contributed by atoms with Crippen LogP contribution in [0.1, 0.15) is 19.4 Å². The third-order valence-electron chi connectivity index (χ3n) is 2.98. The molecule has 0 heterocycles. The summed E-state index contributed by atoms with van der Waals surface area (Å²) in [6.07, 6.45) is 0. The summed E-state index contributed by atoms with van der Waals surface area (Å²) in [6.45, 7) is 7.52. The summed E-state index contributed by atoms with van der Waals surface area (Å²) >= 11 is 8.67. The standard InChI is InChI=1S/C15H24BrN3S/c1-11(2)10-19(8-7-18(3)4)14-6-5-12(15(17)20)9-13(14)16/h5-6,9,11H,7-8,10H2,1-4H3,(H2,17,20). The molecule has 0 amide bonds. The average Bonchev–Trinajstić information content (AvgIpc) is 2.33. The van der Waals surface area contributed by atoms with E-state index in [1.54, 1.807) is 0 Å². The van der Waals surface area contributed by atoms with Crippen molar-refractivity contribution in [2.45, 2.75) is 13.8 Å². The summed E-state index contributed by atoms with van der Waals surface area (Å²) in [7, 11) is 4.19. The highest BCUT2D eigenvalue weighted by molar-refractivity contribution is 9.10. The van der Waals surface area contributed by atoms with Gasteiger partial charge in [-0.2, -0.15) is 0 Å². The van der Waals surface area contributed by atoms with E-state index in [-0.39, 0.29) is 0 Å². The molecule has 3 nitrogen and oxygen atoms in total. The first-order chi connectivity index (χ1) is 9.31. The number of anilines is 1. The van der Waals surface area contributed by atoms with E-state index in [4.69, 9.17) is 18.0 Å². The van der Waals surface area contributed by atoms with Crippen molar-refractivity contribution in [1.82, 2.24) is 4.90 Å². The monoisotopic (exact) mass is 357 g/mol. The lowest BCUT2D eigenvalue weighted by Gasteiger charge is -2.29. The van der Waals surface area contributed by atoms with Crippen molar-refractivity contribution in [3.05, 3.63) is 28.2 Å². The van der Waals surface area contributed by atoms with Gasteiger partial charge in [0.2, 0.25) is 0 Å². The summed E-state index contributed by atoms with van der Waals surface area (Å²) < 4.78 is 1.04. The number of hydrogen-bond donors (Lipinski definition) is 1. The van der Waals surface area contributed by atoms with E-state index >= 15 is 0 Å². The Morgan fingerprint density at radius 3 is 2.40 bits per heavy atom. The second-order valence-electron chi connectivity index (χ2n) is 5.67. The Kier molecular flexibility index (Phi) is 6.92. The first kappa shape index (κ1) is 17.4. The Morgan fingerprint density at radius 2 is 1.95 bits per heavy atom. The van der Waals surface area contributed by atoms with Crippen LogP contribution in [-0.2, 0) is 0 Å². The summed E-state index contributed by atoms with van der Waals surface area (Å²) in [5, 5.41) is 0. The number of benzene rings is 1. The van der Waals surface area contributed by atoms with Crippen molar-refractivity contribution >= 4 is 38.8 Å². The van der Waals surface area contributed by atoms with Crippen LogP contribution in [0, 0.1) is 5.92 Å². The molecule has 112 valence electrons. The highest BCUT2D eigenvalue weighted by Gasteiger charge is 2.13. The van der Waals surface area contributed by atoms with E-state index in [9.17, 15) is 0 Å². The van der Waals surface area contributed by atoms with Crippen molar-refractivity contribution in [1.29, 1.82) is 0 Å². The first-order valence-corrected chi connectivity index (χ1v) is 8.00. The van der Waals surface area contributed by atoms with Gasteiger partial charge in [0.05, 0.1) is 5.69 Å². The van der Waals surface area contributed by atoms with Gasteiger partial charge in [-0.25, -0.2) is 0 Å². The van der Waals surface area contributed by atoms with Gasteiger partial charge in [-0.15, -0.1) is 0 Å². The Balaban J connectivity index is 2.97. The van der Waals surface area contributed by atoms with Crippen molar-refractivity contribution in [3.63, 3.8) is 0 Å². The van der Waals surface area contributed by atoms with E-state index in [0.717, 1.165) is 29.7 Å². The lowest BCUT2D eigenvalue weighted by atomic mass is 10.1. The number of nitrogens with two attached hydrogens (primary N) is 1. The van der Waals surface area contributed by atoms with Gasteiger partial charge in [-0.05, 0) is 54.1 Å². The number of likely N-dealkylation sites (N-methyl/N-ethyl adjacent to an activating group) is 1. The van der Waals surface area contributed by atoms with E-state index in [1.165, 1.54) is 5.69 Å². The molecule has 0 saturated heterocycles. The largest absolute Gasteiger partial charge is 0.389 e. The van der Waals surface area contributed by atoms with Gasteiger partial charge in [-0.1, -0.05) is 26.1 Å². The molecule has 0 aliphatic carbocycles. The first-order valence-electron chi connectivity index (χ1n) is 6.80. The second kappa shape index (κ2) is 7.96. The molecule has 0 aliphatic rings. The van der Waals surface area contributed by atoms with Crippen LogP contribution in [0.5, 0.6) is 0 Å². The fourth-order valence-electron chi connectivity index (χ4n) is 1.99. The van der Waals surface area contributed by atoms with Gasteiger partial charge >= 0.3 is 0 Å². The number of hydrogen-bond acceptors (Lipinski definition) is 3. The fraction of sp³-hybridized carbons (Fsp3) is 0.533. The van der Waals surface area contributed by atoms with E-state index in [0.29, 0.717) is 10.9 Å². The molecule has 0 saturated carbocycles. The van der Waals surface area contributed by atoms with E-state index < -0.39 is 0 Å². The highest BCUT2D eigenvalue weighted by atomic mass is 79.9. The third kappa shape index (κ3) is 5.38. The molecular weight excluding hydrogens is 334 g/mol. The minimum Gasteiger partial charge on any atom is -0.389 e. The smallest absolute Gasteiger partial charge is 0.104 e. The molecule has 0 unspecified atom stereocenters. The van der Waals surface area contributed by atoms with Gasteiger partial charge in [0.1, 0.15) is 4.99 Å². The van der Waals surface area contributed by atoms with Crippen molar-refractivity contribution in [3.8, 4) is 0 Å². The molecule has 0 aliphatic heterocycles. The van der Waals surface area contributed by atoms with Crippen LogP contribution in [0.2, 0.25) is 0 Å². The SMILES string of the molecule is CC(C)CN(CCN(C)C)c1ccc(C(N)=S)cc1Br. The molecular formula is C15H24BrN3S. The zero-order chi connectivity index (χ0) is 15.3. The van der Waals surface area contributed by atoms with Crippen molar-refractivity contribution < 1.29 is 0 Å². The molecule has 1 rings (SSSR count). The van der Waals surface area contributed by atoms with Crippen LogP contribution >= 0.6 is 28.1 Å². The van der Waals surface area contributed by atoms with E-state index in [1.807, 2.05) is 12.1 Å². The average molecular weight is 358 g/mol. The molecule has 0 aromatic heterocycles. The number of rotatable bonds is 7. The quantitative estimate of drug-likeness (QED) is 0.760. The maximum absolute atomic E-state index is 5.68.